The van der Waals surface area contributed by atoms with E-state index in [2.05, 4.69) is 47.7 Å². The summed E-state index contributed by atoms with van der Waals surface area (Å²) in [6.45, 7) is 9.82. The molecule has 0 aliphatic heterocycles. The van der Waals surface area contributed by atoms with E-state index in [1.807, 2.05) is 0 Å². The molecule has 1 N–H and O–H groups in total. The van der Waals surface area contributed by atoms with E-state index >= 15 is 0 Å². The van der Waals surface area contributed by atoms with Gasteiger partial charge < -0.3 is 14.3 Å². The average Bonchev–Trinajstić information content (AvgIpc) is 3.04. The molecule has 0 bridgehead atoms. The van der Waals surface area contributed by atoms with Gasteiger partial charge in [-0.2, -0.15) is 0 Å². The normalized spacial score (nSPS) is 36.3. The zero-order chi connectivity index (χ0) is 28.0. The highest BCUT2D eigenvalue weighted by Gasteiger charge is 2.57. The van der Waals surface area contributed by atoms with Gasteiger partial charge >= 0.3 is 0 Å². The number of carbonyl (C=O) groups is 1. The maximum absolute atomic E-state index is 11.8. The van der Waals surface area contributed by atoms with Crippen molar-refractivity contribution in [2.24, 2.45) is 22.7 Å². The Hall–Kier alpha value is -0.193. The third kappa shape index (κ3) is 5.59. The number of fused-ring (bicyclic) bond motifs is 1. The molecule has 176 valence electrons. The number of carbonyl (C=O) groups excluding carboxylic acids is 1. The summed E-state index contributed by atoms with van der Waals surface area (Å²) in [5, 5.41) is 10.8. The van der Waals surface area contributed by atoms with Gasteiger partial charge in [-0.3, -0.25) is 0 Å². The van der Waals surface area contributed by atoms with E-state index in [4.69, 9.17) is 12.7 Å². The van der Waals surface area contributed by atoms with Gasteiger partial charge in [0.25, 0.3) is 0 Å². The van der Waals surface area contributed by atoms with Crippen LogP contribution < -0.4 is 0 Å². The Balaban J connectivity index is 2.27. The lowest BCUT2D eigenvalue weighted by molar-refractivity contribution is -0.112. The lowest BCUT2D eigenvalue weighted by Crippen LogP contribution is -2.51. The zero-order valence-electron chi connectivity index (χ0n) is 26.4. The molecule has 0 aromatic rings. The van der Waals surface area contributed by atoms with Gasteiger partial charge in [-0.05, 0) is 93.0 Å². The molecule has 0 spiro atoms. The Bertz CT molecular complexity index is 761. The third-order valence-corrected chi connectivity index (χ3v) is 13.5. The summed E-state index contributed by atoms with van der Waals surface area (Å²) < 4.78 is 53.0. The van der Waals surface area contributed by atoms with Crippen LogP contribution in [0.25, 0.3) is 0 Å². The van der Waals surface area contributed by atoms with Crippen molar-refractivity contribution in [1.29, 1.82) is 0 Å². The minimum atomic E-state index is -3.01. The Labute approximate surface area is 196 Å². The fraction of sp³-hybridized carbons (Fsp3) is 0.962. The van der Waals surface area contributed by atoms with E-state index in [0.717, 1.165) is 38.4 Å². The van der Waals surface area contributed by atoms with Crippen LogP contribution in [-0.4, -0.2) is 31.4 Å². The number of aliphatic hydroxyl groups is 1. The van der Waals surface area contributed by atoms with Crippen LogP contribution in [0.3, 0.4) is 0 Å². The Morgan fingerprint density at radius 3 is 2.40 bits per heavy atom. The quantitative estimate of drug-likeness (QED) is 0.304. The van der Waals surface area contributed by atoms with Crippen molar-refractivity contribution < 1.29 is 22.6 Å². The minimum absolute atomic E-state index is 0.00734. The molecular weight excluding hydrogens is 388 g/mol. The topological polar surface area (TPSA) is 46.5 Å². The van der Waals surface area contributed by atoms with Crippen LogP contribution in [0.5, 0.6) is 0 Å². The van der Waals surface area contributed by atoms with E-state index < -0.39 is 33.0 Å². The summed E-state index contributed by atoms with van der Waals surface area (Å²) in [5.74, 6) is 0.665. The molecular formula is C26H50O3Si. The summed E-state index contributed by atoms with van der Waals surface area (Å²) in [6.07, 6.45) is 7.13. The molecule has 4 heteroatoms. The lowest BCUT2D eigenvalue weighted by Gasteiger charge is -2.52. The van der Waals surface area contributed by atoms with E-state index in [1.54, 1.807) is 0 Å². The van der Waals surface area contributed by atoms with Gasteiger partial charge in [0.15, 0.2) is 8.32 Å². The number of hydrogen-bond donors (Lipinski definition) is 1. The SMILES string of the molecule is [2H]C([2H])([2H])C(O)(CCCC(C)(CC=O)[C@H]1CCC2[C@@H](O[Si](C)(C)C(C)(C)C)CCC[C@@]21C)C([2H])([2H])[2H]. The second-order valence-electron chi connectivity index (χ2n) is 12.3. The Morgan fingerprint density at radius 2 is 1.83 bits per heavy atom. The van der Waals surface area contributed by atoms with E-state index in [-0.39, 0.29) is 35.3 Å². The number of aldehydes is 1. The summed E-state index contributed by atoms with van der Waals surface area (Å²) in [4.78, 5) is 11.8. The monoisotopic (exact) mass is 444 g/mol. The highest BCUT2D eigenvalue weighted by Crippen LogP contribution is 2.63. The molecule has 5 atom stereocenters. The average molecular weight is 445 g/mol. The fourth-order valence-corrected chi connectivity index (χ4v) is 7.71. The van der Waals surface area contributed by atoms with E-state index in [1.165, 1.54) is 0 Å². The highest BCUT2D eigenvalue weighted by atomic mass is 28.4. The van der Waals surface area contributed by atoms with Crippen molar-refractivity contribution in [3.8, 4) is 0 Å². The molecule has 30 heavy (non-hydrogen) atoms. The van der Waals surface area contributed by atoms with Crippen LogP contribution in [0.15, 0.2) is 0 Å². The smallest absolute Gasteiger partial charge is 0.192 e. The molecule has 2 aliphatic carbocycles. The number of hydrogen-bond acceptors (Lipinski definition) is 3. The molecule has 0 heterocycles. The molecule has 0 saturated heterocycles. The molecule has 2 aliphatic rings. The van der Waals surface area contributed by atoms with E-state index in [9.17, 15) is 9.90 Å². The molecule has 0 radical (unpaired) electrons. The minimum Gasteiger partial charge on any atom is -0.414 e. The Morgan fingerprint density at radius 1 is 1.17 bits per heavy atom. The van der Waals surface area contributed by atoms with Gasteiger partial charge in [0.1, 0.15) is 6.29 Å². The van der Waals surface area contributed by atoms with Crippen molar-refractivity contribution in [1.82, 2.24) is 0 Å². The first-order valence-corrected chi connectivity index (χ1v) is 14.8. The molecule has 3 nitrogen and oxygen atoms in total. The van der Waals surface area contributed by atoms with Gasteiger partial charge in [0, 0.05) is 20.7 Å². The predicted molar refractivity (Wildman–Crippen MR) is 129 cm³/mol. The van der Waals surface area contributed by atoms with Gasteiger partial charge in [-0.25, -0.2) is 0 Å². The van der Waals surface area contributed by atoms with Crippen LogP contribution >= 0.6 is 0 Å². The van der Waals surface area contributed by atoms with Gasteiger partial charge in [-0.15, -0.1) is 0 Å². The summed E-state index contributed by atoms with van der Waals surface area (Å²) >= 11 is 0. The molecule has 0 amide bonds. The van der Waals surface area contributed by atoms with Crippen LogP contribution in [-0.2, 0) is 9.22 Å². The molecule has 2 saturated carbocycles. The molecule has 2 unspecified atom stereocenters. The maximum Gasteiger partial charge on any atom is 0.192 e. The molecule has 2 rings (SSSR count). The zero-order valence-corrected chi connectivity index (χ0v) is 21.4. The predicted octanol–water partition coefficient (Wildman–Crippen LogP) is 7.13. The van der Waals surface area contributed by atoms with Crippen LogP contribution in [0.1, 0.15) is 114 Å². The maximum atomic E-state index is 11.8. The van der Waals surface area contributed by atoms with Crippen molar-refractivity contribution in [3.63, 3.8) is 0 Å². The first-order valence-electron chi connectivity index (χ1n) is 14.9. The fourth-order valence-electron chi connectivity index (χ4n) is 6.32. The highest BCUT2D eigenvalue weighted by molar-refractivity contribution is 6.74. The van der Waals surface area contributed by atoms with Gasteiger partial charge in [-0.1, -0.05) is 47.5 Å². The van der Waals surface area contributed by atoms with Crippen molar-refractivity contribution in [2.75, 3.05) is 0 Å². The van der Waals surface area contributed by atoms with Crippen LogP contribution in [0.4, 0.5) is 0 Å². The largest absolute Gasteiger partial charge is 0.414 e. The van der Waals surface area contributed by atoms with Crippen LogP contribution in [0.2, 0.25) is 18.1 Å². The van der Waals surface area contributed by atoms with Gasteiger partial charge in [0.05, 0.1) is 5.60 Å². The summed E-state index contributed by atoms with van der Waals surface area (Å²) in [5.41, 5.74) is -3.14. The summed E-state index contributed by atoms with van der Waals surface area (Å²) in [6, 6.07) is 0. The first-order chi connectivity index (χ1) is 16.1. The molecule has 0 aromatic carbocycles. The van der Waals surface area contributed by atoms with Crippen molar-refractivity contribution >= 4 is 14.6 Å². The van der Waals surface area contributed by atoms with Crippen LogP contribution in [0, 0.1) is 22.7 Å². The lowest BCUT2D eigenvalue weighted by atomic mass is 9.56. The van der Waals surface area contributed by atoms with Gasteiger partial charge in [0.2, 0.25) is 0 Å². The number of rotatable bonds is 9. The van der Waals surface area contributed by atoms with Crippen molar-refractivity contribution in [3.05, 3.63) is 0 Å². The Kier molecular flexibility index (Phi) is 5.46. The first kappa shape index (κ1) is 18.3. The second kappa shape index (κ2) is 8.98. The summed E-state index contributed by atoms with van der Waals surface area (Å²) in [7, 11) is -1.94. The second-order valence-corrected chi connectivity index (χ2v) is 17.0. The molecule has 0 aromatic heterocycles. The third-order valence-electron chi connectivity index (χ3n) is 8.99. The van der Waals surface area contributed by atoms with E-state index in [0.29, 0.717) is 18.8 Å². The standard InChI is InChI=1S/C26H50O3Si/c1-23(2,3)30(8,9)29-21-12-10-17-26(7)20(21)13-14-22(26)25(6,18-19-27)16-11-15-24(4,5)28/h19-22,28H,10-18H2,1-9H3/t20?,21-,22+,25?,26-/m0/s1/i4D3,5D3. The molecule has 2 fully saturated rings. The van der Waals surface area contributed by atoms with Crippen molar-refractivity contribution in [2.45, 2.75) is 136 Å².